The van der Waals surface area contributed by atoms with Gasteiger partial charge in [0.05, 0.1) is 13.5 Å². The Morgan fingerprint density at radius 3 is 1.87 bits per heavy atom. The Bertz CT molecular complexity index is 303. The summed E-state index contributed by atoms with van der Waals surface area (Å²) in [6, 6.07) is 0. The van der Waals surface area contributed by atoms with Gasteiger partial charge in [-0.3, -0.25) is 14.6 Å². The number of unbranched alkanes of at least 4 members (excludes halogenated alkanes) is 8. The SMILES string of the molecule is CCC(=O)O.CCCCCCCCCCCN=CCC(=O)OC. The van der Waals surface area contributed by atoms with Crippen molar-refractivity contribution in [3.8, 4) is 0 Å². The van der Waals surface area contributed by atoms with Crippen LogP contribution in [0.25, 0.3) is 0 Å². The van der Waals surface area contributed by atoms with E-state index in [2.05, 4.69) is 16.7 Å². The number of hydrogen-bond acceptors (Lipinski definition) is 4. The Morgan fingerprint density at radius 1 is 0.957 bits per heavy atom. The maximum atomic E-state index is 10.8. The van der Waals surface area contributed by atoms with Gasteiger partial charge < -0.3 is 9.84 Å². The number of esters is 1. The number of aliphatic carboxylic acids is 1. The Morgan fingerprint density at radius 2 is 1.43 bits per heavy atom. The molecule has 0 amide bonds. The summed E-state index contributed by atoms with van der Waals surface area (Å²) in [5.74, 6) is -0.962. The van der Waals surface area contributed by atoms with E-state index in [0.29, 0.717) is 6.42 Å². The third-order valence-corrected chi connectivity index (χ3v) is 3.31. The van der Waals surface area contributed by atoms with Gasteiger partial charge in [0.25, 0.3) is 0 Å². The summed E-state index contributed by atoms with van der Waals surface area (Å²) < 4.78 is 4.52. The predicted octanol–water partition coefficient (Wildman–Crippen LogP) is 4.63. The third-order valence-electron chi connectivity index (χ3n) is 3.31. The first-order chi connectivity index (χ1) is 11.1. The standard InChI is InChI=1S/C15H29NO2.C3H6O2/c1-3-4-5-6-7-8-9-10-11-13-16-14-12-15(17)18-2;1-2-3(4)5/h14H,3-13H2,1-2H3;2H2,1H3,(H,4,5). The molecule has 5 heteroatoms. The van der Waals surface area contributed by atoms with Gasteiger partial charge in [0, 0.05) is 19.2 Å². The second-order valence-electron chi connectivity index (χ2n) is 5.44. The molecule has 0 rings (SSSR count). The highest BCUT2D eigenvalue weighted by Crippen LogP contribution is 2.09. The first kappa shape index (κ1) is 23.9. The van der Waals surface area contributed by atoms with Crippen molar-refractivity contribution in [2.75, 3.05) is 13.7 Å². The van der Waals surface area contributed by atoms with E-state index in [-0.39, 0.29) is 12.4 Å². The van der Waals surface area contributed by atoms with Crippen LogP contribution in [0, 0.1) is 0 Å². The van der Waals surface area contributed by atoms with Crippen LogP contribution >= 0.6 is 0 Å². The van der Waals surface area contributed by atoms with Crippen LogP contribution < -0.4 is 0 Å². The molecule has 0 saturated carbocycles. The second kappa shape index (κ2) is 20.6. The molecule has 0 unspecified atom stereocenters. The molecule has 0 aromatic carbocycles. The number of carboxylic acids is 1. The fourth-order valence-electron chi connectivity index (χ4n) is 1.83. The topological polar surface area (TPSA) is 76.0 Å². The van der Waals surface area contributed by atoms with Crippen molar-refractivity contribution in [3.05, 3.63) is 0 Å². The number of rotatable bonds is 13. The summed E-state index contributed by atoms with van der Waals surface area (Å²) in [5.41, 5.74) is 0. The van der Waals surface area contributed by atoms with Gasteiger partial charge in [-0.2, -0.15) is 0 Å². The van der Waals surface area contributed by atoms with E-state index in [9.17, 15) is 9.59 Å². The third kappa shape index (κ3) is 25.9. The summed E-state index contributed by atoms with van der Waals surface area (Å²) in [6.07, 6.45) is 14.1. The Balaban J connectivity index is 0. The average molecular weight is 329 g/mol. The number of carbonyl (C=O) groups is 2. The van der Waals surface area contributed by atoms with Gasteiger partial charge in [-0.25, -0.2) is 0 Å². The number of carboxylic acid groups (broad SMARTS) is 1. The Hall–Kier alpha value is -1.39. The highest BCUT2D eigenvalue weighted by molar-refractivity contribution is 5.85. The number of carbonyl (C=O) groups excluding carboxylic acids is 1. The molecule has 0 spiro atoms. The van der Waals surface area contributed by atoms with Crippen LogP contribution in [0.15, 0.2) is 4.99 Å². The molecule has 0 aliphatic rings. The summed E-state index contributed by atoms with van der Waals surface area (Å²) in [4.78, 5) is 24.3. The molecule has 0 radical (unpaired) electrons. The van der Waals surface area contributed by atoms with Crippen LogP contribution in [0.1, 0.15) is 84.5 Å². The number of aliphatic imine (C=N–C) groups is 1. The molecule has 1 N–H and O–H groups in total. The van der Waals surface area contributed by atoms with Crippen LogP contribution in [0.5, 0.6) is 0 Å². The molecule has 5 nitrogen and oxygen atoms in total. The van der Waals surface area contributed by atoms with E-state index in [1.165, 1.54) is 58.5 Å². The molecule has 0 aromatic rings. The lowest BCUT2D eigenvalue weighted by Gasteiger charge is -2.00. The summed E-state index contributed by atoms with van der Waals surface area (Å²) in [5, 5.41) is 7.72. The molecule has 0 aliphatic carbocycles. The molecule has 0 bridgehead atoms. The van der Waals surface area contributed by atoms with Gasteiger partial charge in [-0.05, 0) is 6.42 Å². The van der Waals surface area contributed by atoms with Gasteiger partial charge >= 0.3 is 11.9 Å². The van der Waals surface area contributed by atoms with Crippen molar-refractivity contribution in [1.29, 1.82) is 0 Å². The van der Waals surface area contributed by atoms with Crippen LogP contribution in [0.2, 0.25) is 0 Å². The molecule has 0 aliphatic heterocycles. The van der Waals surface area contributed by atoms with E-state index in [1.54, 1.807) is 13.1 Å². The second-order valence-corrected chi connectivity index (χ2v) is 5.44. The van der Waals surface area contributed by atoms with Crippen molar-refractivity contribution in [1.82, 2.24) is 0 Å². The van der Waals surface area contributed by atoms with Crippen molar-refractivity contribution in [2.45, 2.75) is 84.5 Å². The molecule has 0 heterocycles. The first-order valence-corrected chi connectivity index (χ1v) is 8.85. The monoisotopic (exact) mass is 329 g/mol. The molecule has 0 fully saturated rings. The number of hydrogen-bond donors (Lipinski definition) is 1. The smallest absolute Gasteiger partial charge is 0.310 e. The molecular formula is C18H35NO4. The van der Waals surface area contributed by atoms with Crippen molar-refractivity contribution in [3.63, 3.8) is 0 Å². The summed E-state index contributed by atoms with van der Waals surface area (Å²) in [6.45, 7) is 4.69. The average Bonchev–Trinajstić information content (AvgIpc) is 2.56. The molecule has 0 atom stereocenters. The molecular weight excluding hydrogens is 294 g/mol. The van der Waals surface area contributed by atoms with Crippen LogP contribution in [-0.2, 0) is 14.3 Å². The van der Waals surface area contributed by atoms with Crippen LogP contribution in [0.3, 0.4) is 0 Å². The Kier molecular flexibility index (Phi) is 21.4. The van der Waals surface area contributed by atoms with E-state index < -0.39 is 5.97 Å². The van der Waals surface area contributed by atoms with Gasteiger partial charge in [0.2, 0.25) is 0 Å². The maximum absolute atomic E-state index is 10.8. The highest BCUT2D eigenvalue weighted by Gasteiger charge is 1.94. The molecule has 23 heavy (non-hydrogen) atoms. The lowest BCUT2D eigenvalue weighted by atomic mass is 10.1. The van der Waals surface area contributed by atoms with Gasteiger partial charge in [0.1, 0.15) is 0 Å². The lowest BCUT2D eigenvalue weighted by molar-refractivity contribution is -0.139. The summed E-state index contributed by atoms with van der Waals surface area (Å²) in [7, 11) is 1.40. The minimum Gasteiger partial charge on any atom is -0.481 e. The fourth-order valence-corrected chi connectivity index (χ4v) is 1.83. The maximum Gasteiger partial charge on any atom is 0.310 e. The minimum atomic E-state index is -0.745. The predicted molar refractivity (Wildman–Crippen MR) is 95.1 cm³/mol. The highest BCUT2D eigenvalue weighted by atomic mass is 16.5. The number of methoxy groups -OCH3 is 1. The van der Waals surface area contributed by atoms with Crippen molar-refractivity contribution < 1.29 is 19.4 Å². The van der Waals surface area contributed by atoms with Gasteiger partial charge in [-0.15, -0.1) is 0 Å². The molecule has 136 valence electrons. The minimum absolute atomic E-state index is 0.217. The van der Waals surface area contributed by atoms with Crippen LogP contribution in [-0.4, -0.2) is 36.9 Å². The van der Waals surface area contributed by atoms with Gasteiger partial charge in [-0.1, -0.05) is 65.2 Å². The van der Waals surface area contributed by atoms with E-state index in [0.717, 1.165) is 13.0 Å². The zero-order chi connectivity index (χ0) is 17.8. The quantitative estimate of drug-likeness (QED) is 0.303. The van der Waals surface area contributed by atoms with E-state index in [4.69, 9.17) is 5.11 Å². The number of nitrogens with zero attached hydrogens (tertiary/aromatic N) is 1. The molecule has 0 saturated heterocycles. The van der Waals surface area contributed by atoms with E-state index in [1.807, 2.05) is 0 Å². The van der Waals surface area contributed by atoms with Gasteiger partial charge in [0.15, 0.2) is 0 Å². The van der Waals surface area contributed by atoms with Crippen molar-refractivity contribution in [2.24, 2.45) is 4.99 Å². The largest absolute Gasteiger partial charge is 0.481 e. The van der Waals surface area contributed by atoms with Crippen LogP contribution in [0.4, 0.5) is 0 Å². The Labute approximate surface area is 141 Å². The first-order valence-electron chi connectivity index (χ1n) is 8.85. The van der Waals surface area contributed by atoms with Crippen molar-refractivity contribution >= 4 is 18.2 Å². The number of ether oxygens (including phenoxy) is 1. The summed E-state index contributed by atoms with van der Waals surface area (Å²) >= 11 is 0. The molecule has 0 aromatic heterocycles. The zero-order valence-electron chi connectivity index (χ0n) is 15.2. The van der Waals surface area contributed by atoms with E-state index >= 15 is 0 Å². The normalized spacial score (nSPS) is 10.2. The zero-order valence-corrected chi connectivity index (χ0v) is 15.2. The fraction of sp³-hybridized carbons (Fsp3) is 0.833. The lowest BCUT2D eigenvalue weighted by Crippen LogP contribution is -2.00.